The number of hydrogen-bond donors (Lipinski definition) is 1. The van der Waals surface area contributed by atoms with Gasteiger partial charge in [0.25, 0.3) is 10.0 Å². The van der Waals surface area contributed by atoms with E-state index in [2.05, 4.69) is 15.9 Å². The molecule has 0 radical (unpaired) electrons. The molecule has 0 fully saturated rings. The molecule has 0 bridgehead atoms. The molecular formula is C20H18BrNO3S. The fourth-order valence-corrected chi connectivity index (χ4v) is 4.06. The Hall–Kier alpha value is -2.15. The first-order chi connectivity index (χ1) is 12.4. The molecular weight excluding hydrogens is 414 g/mol. The largest absolute Gasteiger partial charge is 0.392 e. The molecule has 134 valence electrons. The molecule has 26 heavy (non-hydrogen) atoms. The summed E-state index contributed by atoms with van der Waals surface area (Å²) < 4.78 is 28.0. The number of halogens is 1. The molecule has 3 aromatic rings. The molecule has 3 rings (SSSR count). The van der Waals surface area contributed by atoms with Gasteiger partial charge < -0.3 is 5.11 Å². The Labute approximate surface area is 161 Å². The van der Waals surface area contributed by atoms with Gasteiger partial charge in [0.1, 0.15) is 0 Å². The van der Waals surface area contributed by atoms with E-state index in [4.69, 9.17) is 0 Å². The van der Waals surface area contributed by atoms with Crippen molar-refractivity contribution in [3.05, 3.63) is 82.8 Å². The summed E-state index contributed by atoms with van der Waals surface area (Å²) >= 11 is 3.40. The van der Waals surface area contributed by atoms with Crippen LogP contribution in [0, 0.1) is 0 Å². The van der Waals surface area contributed by atoms with Gasteiger partial charge in [-0.05, 0) is 53.1 Å². The number of nitrogens with zero attached hydrogens (tertiary/aromatic N) is 1. The van der Waals surface area contributed by atoms with Crippen molar-refractivity contribution < 1.29 is 13.5 Å². The predicted molar refractivity (Wildman–Crippen MR) is 108 cm³/mol. The summed E-state index contributed by atoms with van der Waals surface area (Å²) in [6, 6.07) is 21.5. The van der Waals surface area contributed by atoms with E-state index in [-0.39, 0.29) is 11.5 Å². The van der Waals surface area contributed by atoms with Crippen molar-refractivity contribution in [3.63, 3.8) is 0 Å². The van der Waals surface area contributed by atoms with Crippen LogP contribution in [0.25, 0.3) is 11.1 Å². The number of rotatable bonds is 5. The molecule has 0 atom stereocenters. The van der Waals surface area contributed by atoms with E-state index in [9.17, 15) is 13.5 Å². The van der Waals surface area contributed by atoms with Gasteiger partial charge in [-0.15, -0.1) is 0 Å². The third-order valence-corrected chi connectivity index (χ3v) is 6.48. The minimum Gasteiger partial charge on any atom is -0.392 e. The molecule has 4 nitrogen and oxygen atoms in total. The van der Waals surface area contributed by atoms with Gasteiger partial charge in [-0.3, -0.25) is 4.31 Å². The Morgan fingerprint density at radius 2 is 1.50 bits per heavy atom. The third kappa shape index (κ3) is 3.82. The zero-order valence-electron chi connectivity index (χ0n) is 14.1. The number of aliphatic hydroxyl groups excluding tert-OH is 1. The molecule has 0 heterocycles. The molecule has 6 heteroatoms. The van der Waals surface area contributed by atoms with Gasteiger partial charge in [0.2, 0.25) is 0 Å². The molecule has 0 aliphatic heterocycles. The van der Waals surface area contributed by atoms with Gasteiger partial charge in [0.15, 0.2) is 0 Å². The molecule has 0 unspecified atom stereocenters. The summed E-state index contributed by atoms with van der Waals surface area (Å²) in [5.41, 5.74) is 3.13. The fourth-order valence-electron chi connectivity index (χ4n) is 2.61. The van der Waals surface area contributed by atoms with E-state index in [1.165, 1.54) is 11.4 Å². The summed E-state index contributed by atoms with van der Waals surface area (Å²) in [5, 5.41) is 9.25. The second-order valence-electron chi connectivity index (χ2n) is 5.83. The van der Waals surface area contributed by atoms with Crippen molar-refractivity contribution in [2.45, 2.75) is 11.5 Å². The first-order valence-electron chi connectivity index (χ1n) is 7.96. The second-order valence-corrected chi connectivity index (χ2v) is 8.72. The normalized spacial score (nSPS) is 11.3. The van der Waals surface area contributed by atoms with Gasteiger partial charge in [-0.2, -0.15) is 0 Å². The van der Waals surface area contributed by atoms with Crippen LogP contribution in [0.15, 0.2) is 82.2 Å². The maximum atomic E-state index is 12.9. The van der Waals surface area contributed by atoms with Crippen LogP contribution in [-0.4, -0.2) is 20.6 Å². The van der Waals surface area contributed by atoms with E-state index >= 15 is 0 Å². The average molecular weight is 432 g/mol. The number of sulfonamides is 1. The quantitative estimate of drug-likeness (QED) is 0.649. The number of benzene rings is 3. The second kappa shape index (κ2) is 7.61. The number of aliphatic hydroxyl groups is 1. The Morgan fingerprint density at radius 1 is 0.923 bits per heavy atom. The number of hydrogen-bond acceptors (Lipinski definition) is 3. The first kappa shape index (κ1) is 18.6. The van der Waals surface area contributed by atoms with E-state index in [0.717, 1.165) is 15.6 Å². The van der Waals surface area contributed by atoms with Gasteiger partial charge in [-0.1, -0.05) is 52.3 Å². The van der Waals surface area contributed by atoms with Crippen molar-refractivity contribution in [2.75, 3.05) is 11.4 Å². The Balaban J connectivity index is 1.90. The molecule has 0 saturated carbocycles. The molecule has 3 aromatic carbocycles. The van der Waals surface area contributed by atoms with Crippen LogP contribution in [0.4, 0.5) is 5.69 Å². The van der Waals surface area contributed by atoms with Crippen molar-refractivity contribution >= 4 is 31.6 Å². The highest BCUT2D eigenvalue weighted by molar-refractivity contribution is 9.10. The molecule has 0 amide bonds. The topological polar surface area (TPSA) is 57.6 Å². The third-order valence-electron chi connectivity index (χ3n) is 4.15. The Kier molecular flexibility index (Phi) is 5.46. The summed E-state index contributed by atoms with van der Waals surface area (Å²) in [6.45, 7) is -0.135. The lowest BCUT2D eigenvalue weighted by atomic mass is 10.1. The summed E-state index contributed by atoms with van der Waals surface area (Å²) in [7, 11) is -2.17. The maximum Gasteiger partial charge on any atom is 0.264 e. The van der Waals surface area contributed by atoms with Gasteiger partial charge in [0, 0.05) is 11.5 Å². The highest BCUT2D eigenvalue weighted by Gasteiger charge is 2.21. The SMILES string of the molecule is CN(c1cccc(CO)c1)S(=O)(=O)c1ccc(-c2ccc(Br)cc2)cc1. The molecule has 0 aliphatic carbocycles. The summed E-state index contributed by atoms with van der Waals surface area (Å²) in [5.74, 6) is 0. The predicted octanol–water partition coefficient (Wildman–Crippen LogP) is 4.43. The van der Waals surface area contributed by atoms with Crippen LogP contribution < -0.4 is 4.31 Å². The molecule has 0 spiro atoms. The smallest absolute Gasteiger partial charge is 0.264 e. The summed E-state index contributed by atoms with van der Waals surface area (Å²) in [4.78, 5) is 0.218. The van der Waals surface area contributed by atoms with Crippen LogP contribution in [0.3, 0.4) is 0 Å². The Bertz CT molecular complexity index is 1000. The van der Waals surface area contributed by atoms with E-state index in [1.54, 1.807) is 48.5 Å². The van der Waals surface area contributed by atoms with Crippen LogP contribution in [0.5, 0.6) is 0 Å². The summed E-state index contributed by atoms with van der Waals surface area (Å²) in [6.07, 6.45) is 0. The lowest BCUT2D eigenvalue weighted by molar-refractivity contribution is 0.282. The average Bonchev–Trinajstić information content (AvgIpc) is 2.68. The van der Waals surface area contributed by atoms with E-state index in [1.807, 2.05) is 24.3 Å². The van der Waals surface area contributed by atoms with E-state index < -0.39 is 10.0 Å². The van der Waals surface area contributed by atoms with Gasteiger partial charge >= 0.3 is 0 Å². The standard InChI is InChI=1S/C20H18BrNO3S/c1-22(19-4-2-3-15(13-19)14-23)26(24,25)20-11-7-17(8-12-20)16-5-9-18(21)10-6-16/h2-13,23H,14H2,1H3. The zero-order valence-corrected chi connectivity index (χ0v) is 16.5. The van der Waals surface area contributed by atoms with Crippen LogP contribution in [-0.2, 0) is 16.6 Å². The molecule has 0 saturated heterocycles. The van der Waals surface area contributed by atoms with Crippen LogP contribution >= 0.6 is 15.9 Å². The highest BCUT2D eigenvalue weighted by atomic mass is 79.9. The lowest BCUT2D eigenvalue weighted by Gasteiger charge is -2.20. The van der Waals surface area contributed by atoms with Gasteiger partial charge in [0.05, 0.1) is 17.2 Å². The zero-order chi connectivity index (χ0) is 18.7. The maximum absolute atomic E-state index is 12.9. The van der Waals surface area contributed by atoms with Crippen molar-refractivity contribution in [3.8, 4) is 11.1 Å². The molecule has 0 aromatic heterocycles. The van der Waals surface area contributed by atoms with Crippen molar-refractivity contribution in [1.82, 2.24) is 0 Å². The van der Waals surface area contributed by atoms with Crippen LogP contribution in [0.1, 0.15) is 5.56 Å². The first-order valence-corrected chi connectivity index (χ1v) is 10.2. The van der Waals surface area contributed by atoms with Crippen LogP contribution in [0.2, 0.25) is 0 Å². The van der Waals surface area contributed by atoms with Crippen molar-refractivity contribution in [1.29, 1.82) is 0 Å². The minimum atomic E-state index is -3.68. The highest BCUT2D eigenvalue weighted by Crippen LogP contribution is 2.26. The minimum absolute atomic E-state index is 0.135. The molecule has 0 aliphatic rings. The number of anilines is 1. The fraction of sp³-hybridized carbons (Fsp3) is 0.100. The lowest BCUT2D eigenvalue weighted by Crippen LogP contribution is -2.26. The van der Waals surface area contributed by atoms with Crippen molar-refractivity contribution in [2.24, 2.45) is 0 Å². The monoisotopic (exact) mass is 431 g/mol. The Morgan fingerprint density at radius 3 is 2.08 bits per heavy atom. The van der Waals surface area contributed by atoms with E-state index in [0.29, 0.717) is 11.3 Å². The molecule has 1 N–H and O–H groups in total. The van der Waals surface area contributed by atoms with Gasteiger partial charge in [-0.25, -0.2) is 8.42 Å².